The molecule has 0 spiro atoms. The van der Waals surface area contributed by atoms with Crippen molar-refractivity contribution in [2.75, 3.05) is 6.54 Å². The summed E-state index contributed by atoms with van der Waals surface area (Å²) in [6.45, 7) is 3.67. The van der Waals surface area contributed by atoms with Crippen LogP contribution in [0.2, 0.25) is 0 Å². The lowest BCUT2D eigenvalue weighted by Crippen LogP contribution is -2.38. The number of rotatable bonds is 4. The third-order valence-corrected chi connectivity index (χ3v) is 5.61. The Labute approximate surface area is 163 Å². The molecule has 2 aliphatic rings. The number of carbonyl (C=O) groups excluding carboxylic acids is 1. The van der Waals surface area contributed by atoms with E-state index < -0.39 is 6.10 Å². The molecular weight excluding hydrogens is 354 g/mol. The molecule has 1 aromatic carbocycles. The quantitative estimate of drug-likeness (QED) is 0.755. The number of aryl methyl sites for hydroxylation is 1. The van der Waals surface area contributed by atoms with Gasteiger partial charge in [-0.15, -0.1) is 0 Å². The molecule has 144 valence electrons. The van der Waals surface area contributed by atoms with Crippen molar-refractivity contribution < 1.29 is 14.3 Å². The van der Waals surface area contributed by atoms with Gasteiger partial charge in [-0.2, -0.15) is 5.10 Å². The van der Waals surface area contributed by atoms with E-state index in [1.165, 1.54) is 0 Å². The molecule has 1 N–H and O–H groups in total. The smallest absolute Gasteiger partial charge is 0.254 e. The van der Waals surface area contributed by atoms with Crippen molar-refractivity contribution in [3.8, 4) is 11.3 Å². The normalized spacial score (nSPS) is 17.4. The predicted molar refractivity (Wildman–Crippen MR) is 104 cm³/mol. The second-order valence-electron chi connectivity index (χ2n) is 7.78. The zero-order valence-corrected chi connectivity index (χ0v) is 15.8. The first kappa shape index (κ1) is 17.3. The largest absolute Gasteiger partial charge is 0.461 e. The summed E-state index contributed by atoms with van der Waals surface area (Å²) in [5, 5.41) is 14.9. The Morgan fingerprint density at radius 3 is 2.82 bits per heavy atom. The summed E-state index contributed by atoms with van der Waals surface area (Å²) in [7, 11) is 0. The van der Waals surface area contributed by atoms with Gasteiger partial charge in [0.05, 0.1) is 24.5 Å². The van der Waals surface area contributed by atoms with E-state index in [0.29, 0.717) is 31.1 Å². The fourth-order valence-corrected chi connectivity index (χ4v) is 3.84. The minimum atomic E-state index is -0.476. The lowest BCUT2D eigenvalue weighted by Gasteiger charge is -2.27. The first-order valence-corrected chi connectivity index (χ1v) is 9.79. The van der Waals surface area contributed by atoms with Gasteiger partial charge in [-0.05, 0) is 56.0 Å². The molecule has 0 radical (unpaired) electrons. The average molecular weight is 377 g/mol. The maximum Gasteiger partial charge on any atom is 0.254 e. The Morgan fingerprint density at radius 2 is 2.07 bits per heavy atom. The third-order valence-electron chi connectivity index (χ3n) is 5.61. The first-order valence-electron chi connectivity index (χ1n) is 9.79. The Bertz CT molecular complexity index is 1030. The number of fused-ring (bicyclic) bond motifs is 1. The molecule has 5 rings (SSSR count). The molecule has 28 heavy (non-hydrogen) atoms. The van der Waals surface area contributed by atoms with Gasteiger partial charge in [0.2, 0.25) is 0 Å². The zero-order chi connectivity index (χ0) is 19.3. The minimum absolute atomic E-state index is 0.00173. The predicted octanol–water partition coefficient (Wildman–Crippen LogP) is 3.55. The SMILES string of the molecule is Cc1ccc(-c2cccc(C(=O)N3CCn4nc([C@@H](O)C5CC5)cc4C3)c2)o1. The van der Waals surface area contributed by atoms with E-state index in [-0.39, 0.29) is 5.91 Å². The Kier molecular flexibility index (Phi) is 4.09. The van der Waals surface area contributed by atoms with Crippen molar-refractivity contribution in [3.63, 3.8) is 0 Å². The van der Waals surface area contributed by atoms with Gasteiger partial charge in [0.15, 0.2) is 0 Å². The van der Waals surface area contributed by atoms with E-state index in [1.54, 1.807) is 0 Å². The first-order chi connectivity index (χ1) is 13.6. The Morgan fingerprint density at radius 1 is 1.21 bits per heavy atom. The van der Waals surface area contributed by atoms with E-state index in [1.807, 2.05) is 59.0 Å². The molecule has 1 aliphatic carbocycles. The van der Waals surface area contributed by atoms with Crippen LogP contribution in [-0.4, -0.2) is 32.2 Å². The highest BCUT2D eigenvalue weighted by molar-refractivity contribution is 5.95. The lowest BCUT2D eigenvalue weighted by atomic mass is 10.1. The summed E-state index contributed by atoms with van der Waals surface area (Å²) in [5.41, 5.74) is 3.27. The number of aromatic nitrogens is 2. The summed E-state index contributed by atoms with van der Waals surface area (Å²) in [4.78, 5) is 14.9. The average Bonchev–Trinajstić information content (AvgIpc) is 3.33. The maximum atomic E-state index is 13.1. The van der Waals surface area contributed by atoms with Crippen LogP contribution in [0.5, 0.6) is 0 Å². The molecule has 2 aromatic heterocycles. The highest BCUT2D eigenvalue weighted by atomic mass is 16.3. The van der Waals surface area contributed by atoms with Crippen LogP contribution in [0.3, 0.4) is 0 Å². The topological polar surface area (TPSA) is 71.5 Å². The Balaban J connectivity index is 1.35. The molecule has 1 atom stereocenters. The molecule has 1 fully saturated rings. The number of amides is 1. The maximum absolute atomic E-state index is 13.1. The van der Waals surface area contributed by atoms with Crippen LogP contribution in [0, 0.1) is 12.8 Å². The van der Waals surface area contributed by atoms with Crippen LogP contribution >= 0.6 is 0 Å². The van der Waals surface area contributed by atoms with Gasteiger partial charge < -0.3 is 14.4 Å². The third kappa shape index (κ3) is 3.14. The van der Waals surface area contributed by atoms with Gasteiger partial charge in [0, 0.05) is 17.7 Å². The molecule has 3 heterocycles. The number of nitrogens with zero attached hydrogens (tertiary/aromatic N) is 3. The van der Waals surface area contributed by atoms with Crippen molar-refractivity contribution in [3.05, 3.63) is 65.2 Å². The second kappa shape index (κ2) is 6.63. The van der Waals surface area contributed by atoms with E-state index in [9.17, 15) is 9.90 Å². The van der Waals surface area contributed by atoms with Crippen molar-refractivity contribution in [2.45, 2.75) is 39.0 Å². The summed E-state index contributed by atoms with van der Waals surface area (Å²) >= 11 is 0. The van der Waals surface area contributed by atoms with Gasteiger partial charge in [0.1, 0.15) is 17.6 Å². The van der Waals surface area contributed by atoms with Gasteiger partial charge in [-0.25, -0.2) is 0 Å². The van der Waals surface area contributed by atoms with Crippen LogP contribution < -0.4 is 0 Å². The highest BCUT2D eigenvalue weighted by Crippen LogP contribution is 2.40. The number of benzene rings is 1. The van der Waals surface area contributed by atoms with E-state index in [0.717, 1.165) is 41.3 Å². The van der Waals surface area contributed by atoms with Crippen molar-refractivity contribution >= 4 is 5.91 Å². The standard InChI is InChI=1S/C22H23N3O3/c1-14-5-8-20(28-14)16-3-2-4-17(11-16)22(27)24-9-10-25-18(13-24)12-19(23-25)21(26)15-6-7-15/h2-5,8,11-12,15,21,26H,6-7,9-10,13H2,1H3/t21-/m0/s1. The Hall–Kier alpha value is -2.86. The van der Waals surface area contributed by atoms with Crippen molar-refractivity contribution in [2.24, 2.45) is 5.92 Å². The number of aliphatic hydroxyl groups excluding tert-OH is 1. The van der Waals surface area contributed by atoms with E-state index >= 15 is 0 Å². The van der Waals surface area contributed by atoms with Crippen LogP contribution in [0.4, 0.5) is 0 Å². The van der Waals surface area contributed by atoms with E-state index in [4.69, 9.17) is 4.42 Å². The number of carbonyl (C=O) groups is 1. The summed E-state index contributed by atoms with van der Waals surface area (Å²) in [5.74, 6) is 1.97. The molecule has 6 nitrogen and oxygen atoms in total. The van der Waals surface area contributed by atoms with E-state index in [2.05, 4.69) is 5.10 Å². The monoisotopic (exact) mass is 377 g/mol. The highest BCUT2D eigenvalue weighted by Gasteiger charge is 2.33. The van der Waals surface area contributed by atoms with Gasteiger partial charge >= 0.3 is 0 Å². The summed E-state index contributed by atoms with van der Waals surface area (Å²) in [6, 6.07) is 13.4. The number of furan rings is 1. The molecule has 0 saturated heterocycles. The summed E-state index contributed by atoms with van der Waals surface area (Å²) in [6.07, 6.45) is 1.66. The molecule has 3 aromatic rings. The van der Waals surface area contributed by atoms with Crippen LogP contribution in [0.25, 0.3) is 11.3 Å². The number of hydrogen-bond donors (Lipinski definition) is 1. The second-order valence-corrected chi connectivity index (χ2v) is 7.78. The molecular formula is C22H23N3O3. The number of aliphatic hydroxyl groups is 1. The molecule has 0 unspecified atom stereocenters. The molecule has 1 saturated carbocycles. The van der Waals surface area contributed by atoms with Crippen LogP contribution in [-0.2, 0) is 13.1 Å². The van der Waals surface area contributed by atoms with Crippen LogP contribution in [0.15, 0.2) is 46.9 Å². The molecule has 6 heteroatoms. The van der Waals surface area contributed by atoms with Crippen LogP contribution in [0.1, 0.15) is 46.5 Å². The van der Waals surface area contributed by atoms with Crippen molar-refractivity contribution in [1.82, 2.24) is 14.7 Å². The number of hydrogen-bond acceptors (Lipinski definition) is 4. The van der Waals surface area contributed by atoms with Gasteiger partial charge in [-0.1, -0.05) is 12.1 Å². The summed E-state index contributed by atoms with van der Waals surface area (Å²) < 4.78 is 7.61. The molecule has 0 bridgehead atoms. The van der Waals surface area contributed by atoms with Gasteiger partial charge in [-0.3, -0.25) is 9.48 Å². The molecule has 1 aliphatic heterocycles. The minimum Gasteiger partial charge on any atom is -0.461 e. The zero-order valence-electron chi connectivity index (χ0n) is 15.8. The van der Waals surface area contributed by atoms with Crippen molar-refractivity contribution in [1.29, 1.82) is 0 Å². The fourth-order valence-electron chi connectivity index (χ4n) is 3.84. The lowest BCUT2D eigenvalue weighted by molar-refractivity contribution is 0.0705. The van der Waals surface area contributed by atoms with Gasteiger partial charge in [0.25, 0.3) is 5.91 Å². The molecule has 1 amide bonds. The fraction of sp³-hybridized carbons (Fsp3) is 0.364.